The molecule has 0 atom stereocenters. The molecule has 3 aromatic rings. The number of rotatable bonds is 3. The molecule has 0 aliphatic heterocycles. The van der Waals surface area contributed by atoms with Crippen LogP contribution in [0.15, 0.2) is 48.9 Å². The maximum absolute atomic E-state index is 11.1. The molecule has 0 unspecified atom stereocenters. The second-order valence-electron chi connectivity index (χ2n) is 4.16. The van der Waals surface area contributed by atoms with E-state index in [-0.39, 0.29) is 5.69 Å². The van der Waals surface area contributed by atoms with Gasteiger partial charge in [0, 0.05) is 17.6 Å². The number of hydrogen-bond donors (Lipinski definition) is 0. The topological polar surface area (TPSA) is 78.2 Å². The van der Waals surface area contributed by atoms with Gasteiger partial charge >= 0.3 is 0 Å². The standard InChI is InChI=1S/C14H8IN3O3/c15-11-7-16-8-17-14(11)21-13-6-5-12(18(19)20)9-3-1-2-4-10(9)13/h1-8H. The smallest absolute Gasteiger partial charge is 0.277 e. The summed E-state index contributed by atoms with van der Waals surface area (Å²) in [5.74, 6) is 0.942. The lowest BCUT2D eigenvalue weighted by molar-refractivity contribution is -0.383. The highest BCUT2D eigenvalue weighted by atomic mass is 127. The molecule has 0 aliphatic carbocycles. The van der Waals surface area contributed by atoms with E-state index in [0.29, 0.717) is 22.4 Å². The Bertz CT molecular complexity index is 839. The molecule has 0 saturated heterocycles. The number of fused-ring (bicyclic) bond motifs is 1. The van der Waals surface area contributed by atoms with Gasteiger partial charge in [-0.1, -0.05) is 18.2 Å². The van der Waals surface area contributed by atoms with Crippen molar-refractivity contribution in [2.75, 3.05) is 0 Å². The summed E-state index contributed by atoms with van der Waals surface area (Å²) >= 11 is 2.07. The van der Waals surface area contributed by atoms with Gasteiger partial charge in [0.15, 0.2) is 0 Å². The summed E-state index contributed by atoms with van der Waals surface area (Å²) in [6, 6.07) is 10.1. The van der Waals surface area contributed by atoms with Crippen molar-refractivity contribution >= 4 is 39.1 Å². The van der Waals surface area contributed by atoms with E-state index >= 15 is 0 Å². The van der Waals surface area contributed by atoms with Crippen LogP contribution in [0.4, 0.5) is 5.69 Å². The predicted octanol–water partition coefficient (Wildman–Crippen LogP) is 3.93. The lowest BCUT2D eigenvalue weighted by Crippen LogP contribution is -1.95. The van der Waals surface area contributed by atoms with Crippen LogP contribution in [0, 0.1) is 13.7 Å². The van der Waals surface area contributed by atoms with E-state index in [1.807, 2.05) is 6.07 Å². The quantitative estimate of drug-likeness (QED) is 0.383. The van der Waals surface area contributed by atoms with Gasteiger partial charge < -0.3 is 4.74 Å². The van der Waals surface area contributed by atoms with Crippen LogP contribution < -0.4 is 4.74 Å². The normalized spacial score (nSPS) is 10.5. The van der Waals surface area contributed by atoms with Crippen LogP contribution in [0.5, 0.6) is 11.6 Å². The number of non-ortho nitro benzene ring substituents is 1. The van der Waals surface area contributed by atoms with Gasteiger partial charge in [-0.3, -0.25) is 10.1 Å². The highest BCUT2D eigenvalue weighted by molar-refractivity contribution is 14.1. The molecule has 0 N–H and O–H groups in total. The highest BCUT2D eigenvalue weighted by Crippen LogP contribution is 2.35. The maximum Gasteiger partial charge on any atom is 0.277 e. The van der Waals surface area contributed by atoms with Crippen molar-refractivity contribution < 1.29 is 9.66 Å². The minimum atomic E-state index is -0.402. The van der Waals surface area contributed by atoms with Gasteiger partial charge in [-0.05, 0) is 34.7 Å². The second kappa shape index (κ2) is 5.60. The van der Waals surface area contributed by atoms with Crippen LogP contribution in [0.3, 0.4) is 0 Å². The Morgan fingerprint density at radius 3 is 2.62 bits per heavy atom. The minimum absolute atomic E-state index is 0.0512. The molecule has 7 heteroatoms. The summed E-state index contributed by atoms with van der Waals surface area (Å²) < 4.78 is 6.54. The predicted molar refractivity (Wildman–Crippen MR) is 85.4 cm³/mol. The molecular weight excluding hydrogens is 385 g/mol. The Morgan fingerprint density at radius 1 is 1.14 bits per heavy atom. The molecule has 0 radical (unpaired) electrons. The largest absolute Gasteiger partial charge is 0.437 e. The molecule has 2 aromatic carbocycles. The number of nitro benzene ring substituents is 1. The van der Waals surface area contributed by atoms with E-state index in [4.69, 9.17) is 4.74 Å². The maximum atomic E-state index is 11.1. The number of nitro groups is 1. The van der Waals surface area contributed by atoms with Gasteiger partial charge in [0.05, 0.1) is 13.9 Å². The lowest BCUT2D eigenvalue weighted by atomic mass is 10.1. The number of hydrogen-bond acceptors (Lipinski definition) is 5. The first-order valence-corrected chi connectivity index (χ1v) is 7.04. The number of benzene rings is 2. The van der Waals surface area contributed by atoms with Crippen molar-refractivity contribution in [2.45, 2.75) is 0 Å². The van der Waals surface area contributed by atoms with Gasteiger partial charge in [0.1, 0.15) is 12.1 Å². The van der Waals surface area contributed by atoms with Crippen molar-refractivity contribution in [2.24, 2.45) is 0 Å². The van der Waals surface area contributed by atoms with E-state index in [1.165, 1.54) is 12.4 Å². The Labute approximate surface area is 133 Å². The van der Waals surface area contributed by atoms with Crippen molar-refractivity contribution in [3.05, 3.63) is 62.6 Å². The molecular formula is C14H8IN3O3. The monoisotopic (exact) mass is 393 g/mol. The Kier molecular flexibility index (Phi) is 3.65. The summed E-state index contributed by atoms with van der Waals surface area (Å²) in [4.78, 5) is 18.6. The summed E-state index contributed by atoms with van der Waals surface area (Å²) in [6.07, 6.45) is 3.03. The molecule has 6 nitrogen and oxygen atoms in total. The molecule has 1 heterocycles. The van der Waals surface area contributed by atoms with Crippen LogP contribution in [-0.2, 0) is 0 Å². The van der Waals surface area contributed by atoms with Gasteiger partial charge in [-0.25, -0.2) is 9.97 Å². The Hall–Kier alpha value is -2.29. The Balaban J connectivity index is 2.14. The van der Waals surface area contributed by atoms with Gasteiger partial charge in [0.2, 0.25) is 5.88 Å². The molecule has 0 fully saturated rings. The van der Waals surface area contributed by atoms with E-state index in [0.717, 1.165) is 3.57 Å². The van der Waals surface area contributed by atoms with E-state index in [1.54, 1.807) is 30.5 Å². The van der Waals surface area contributed by atoms with Crippen LogP contribution in [0.25, 0.3) is 10.8 Å². The van der Waals surface area contributed by atoms with Gasteiger partial charge in [-0.2, -0.15) is 0 Å². The second-order valence-corrected chi connectivity index (χ2v) is 5.33. The molecule has 21 heavy (non-hydrogen) atoms. The number of ether oxygens (including phenoxy) is 1. The summed E-state index contributed by atoms with van der Waals surface area (Å²) in [5.41, 5.74) is 0.0512. The average molecular weight is 393 g/mol. The number of aromatic nitrogens is 2. The zero-order valence-corrected chi connectivity index (χ0v) is 12.7. The fourth-order valence-corrected chi connectivity index (χ4v) is 2.39. The van der Waals surface area contributed by atoms with Gasteiger partial charge in [0.25, 0.3) is 5.69 Å². The SMILES string of the molecule is O=[N+]([O-])c1ccc(Oc2ncncc2I)c2ccccc12. The highest BCUT2D eigenvalue weighted by Gasteiger charge is 2.15. The van der Waals surface area contributed by atoms with Crippen LogP contribution >= 0.6 is 22.6 Å². The molecule has 0 bridgehead atoms. The number of nitrogens with zero attached hydrogens (tertiary/aromatic N) is 3. The molecule has 104 valence electrons. The molecule has 0 spiro atoms. The van der Waals surface area contributed by atoms with E-state index < -0.39 is 4.92 Å². The molecule has 1 aromatic heterocycles. The van der Waals surface area contributed by atoms with Crippen LogP contribution in [0.2, 0.25) is 0 Å². The van der Waals surface area contributed by atoms with Crippen molar-refractivity contribution in [1.29, 1.82) is 0 Å². The first-order valence-electron chi connectivity index (χ1n) is 5.96. The van der Waals surface area contributed by atoms with Gasteiger partial charge in [-0.15, -0.1) is 0 Å². The number of halogens is 1. The Morgan fingerprint density at radius 2 is 1.90 bits per heavy atom. The molecule has 3 rings (SSSR count). The molecule has 0 amide bonds. The third kappa shape index (κ3) is 2.64. The first kappa shape index (κ1) is 13.7. The zero-order chi connectivity index (χ0) is 14.8. The molecule has 0 saturated carbocycles. The zero-order valence-electron chi connectivity index (χ0n) is 10.6. The molecule has 0 aliphatic rings. The van der Waals surface area contributed by atoms with Crippen LogP contribution in [0.1, 0.15) is 0 Å². The summed E-state index contributed by atoms with van der Waals surface area (Å²) in [5, 5.41) is 12.3. The summed E-state index contributed by atoms with van der Waals surface area (Å²) in [6.45, 7) is 0. The minimum Gasteiger partial charge on any atom is -0.437 e. The fraction of sp³-hybridized carbons (Fsp3) is 0. The first-order chi connectivity index (χ1) is 10.2. The average Bonchev–Trinajstić information content (AvgIpc) is 2.49. The lowest BCUT2D eigenvalue weighted by Gasteiger charge is -2.09. The third-order valence-electron chi connectivity index (χ3n) is 2.90. The summed E-state index contributed by atoms with van der Waals surface area (Å²) in [7, 11) is 0. The van der Waals surface area contributed by atoms with Crippen molar-refractivity contribution in [1.82, 2.24) is 9.97 Å². The van der Waals surface area contributed by atoms with Crippen LogP contribution in [-0.4, -0.2) is 14.9 Å². The van der Waals surface area contributed by atoms with E-state index in [2.05, 4.69) is 32.6 Å². The van der Waals surface area contributed by atoms with E-state index in [9.17, 15) is 10.1 Å². The third-order valence-corrected chi connectivity index (χ3v) is 3.64. The fourth-order valence-electron chi connectivity index (χ4n) is 1.98. The van der Waals surface area contributed by atoms with Crippen molar-refractivity contribution in [3.63, 3.8) is 0 Å². The van der Waals surface area contributed by atoms with Crippen molar-refractivity contribution in [3.8, 4) is 11.6 Å².